The summed E-state index contributed by atoms with van der Waals surface area (Å²) in [5.41, 5.74) is 10.3. The number of nitrogens with zero attached hydrogens (tertiary/aromatic N) is 2. The van der Waals surface area contributed by atoms with Crippen molar-refractivity contribution in [3.05, 3.63) is 81.6 Å². The second-order valence-corrected chi connectivity index (χ2v) is 8.78. The van der Waals surface area contributed by atoms with Gasteiger partial charge < -0.3 is 0 Å². The molecule has 3 N–H and O–H groups in total. The maximum Gasteiger partial charge on any atom is 0.260 e. The average Bonchev–Trinajstić information content (AvgIpc) is 3.26. The van der Waals surface area contributed by atoms with E-state index in [2.05, 4.69) is 58.1 Å². The topological polar surface area (TPSA) is 99.8 Å². The van der Waals surface area contributed by atoms with Crippen LogP contribution < -0.4 is 10.9 Å². The van der Waals surface area contributed by atoms with Gasteiger partial charge in [-0.25, -0.2) is 0 Å². The van der Waals surface area contributed by atoms with Crippen LogP contribution >= 0.6 is 23.2 Å². The number of aromatic nitrogens is 3. The lowest BCUT2D eigenvalue weighted by atomic mass is 9.73. The van der Waals surface area contributed by atoms with Gasteiger partial charge in [-0.3, -0.25) is 25.5 Å². The first-order valence-corrected chi connectivity index (χ1v) is 11.4. The van der Waals surface area contributed by atoms with Crippen LogP contribution in [0.4, 0.5) is 5.95 Å². The maximum atomic E-state index is 13.4. The van der Waals surface area contributed by atoms with E-state index < -0.39 is 11.8 Å². The van der Waals surface area contributed by atoms with Gasteiger partial charge in [-0.2, -0.15) is 4.98 Å². The standard InChI is InChI=1S/C24H23Cl2N5O2/c1-13-3-8-18(14(2)9-13)16-10-19(15-4-6-17(26)7-5-15)22(20(32)11-16)23-27-24(31-29-23)30-28-21(33)12-25/h3-9,11,19,22H,10,12H2,1-2H3,(H,28,33)(H2,27,29,30,31). The number of aryl methyl sites for hydroxylation is 2. The number of carbonyl (C=O) groups excluding carboxylic acids is 2. The third-order valence-electron chi connectivity index (χ3n) is 5.72. The van der Waals surface area contributed by atoms with Gasteiger partial charge in [0.25, 0.3) is 11.9 Å². The lowest BCUT2D eigenvalue weighted by Gasteiger charge is -2.30. The zero-order chi connectivity index (χ0) is 23.5. The third kappa shape index (κ3) is 5.10. The van der Waals surface area contributed by atoms with Gasteiger partial charge in [-0.05, 0) is 60.7 Å². The summed E-state index contributed by atoms with van der Waals surface area (Å²) in [7, 11) is 0. The number of carbonyl (C=O) groups is 2. The number of nitrogens with one attached hydrogen (secondary N) is 3. The number of alkyl halides is 1. The first-order valence-electron chi connectivity index (χ1n) is 10.5. The summed E-state index contributed by atoms with van der Waals surface area (Å²) in [6.07, 6.45) is 2.36. The van der Waals surface area contributed by atoms with Crippen LogP contribution in [-0.2, 0) is 9.59 Å². The number of ketones is 1. The first-order chi connectivity index (χ1) is 15.9. The lowest BCUT2D eigenvalue weighted by molar-refractivity contribution is -0.118. The molecule has 1 heterocycles. The number of hydrazine groups is 1. The van der Waals surface area contributed by atoms with Crippen molar-refractivity contribution in [3.63, 3.8) is 0 Å². The molecule has 4 rings (SSSR count). The van der Waals surface area contributed by atoms with Crippen molar-refractivity contribution >= 4 is 46.4 Å². The molecule has 0 saturated heterocycles. The molecule has 0 bridgehead atoms. The van der Waals surface area contributed by atoms with Crippen LogP contribution in [0.15, 0.2) is 48.5 Å². The Bertz CT molecular complexity index is 1220. The number of aromatic amines is 1. The molecule has 0 spiro atoms. The molecule has 2 atom stereocenters. The van der Waals surface area contributed by atoms with Crippen molar-refractivity contribution in [1.29, 1.82) is 0 Å². The first kappa shape index (κ1) is 23.0. The van der Waals surface area contributed by atoms with Crippen molar-refractivity contribution in [3.8, 4) is 0 Å². The monoisotopic (exact) mass is 483 g/mol. The zero-order valence-electron chi connectivity index (χ0n) is 18.2. The molecule has 1 amide bonds. The molecule has 170 valence electrons. The number of rotatable bonds is 6. The van der Waals surface area contributed by atoms with Crippen molar-refractivity contribution in [2.45, 2.75) is 32.1 Å². The molecule has 2 aromatic carbocycles. The highest BCUT2D eigenvalue weighted by molar-refractivity contribution is 6.30. The Hall–Kier alpha value is -3.16. The summed E-state index contributed by atoms with van der Waals surface area (Å²) in [4.78, 5) is 29.2. The van der Waals surface area contributed by atoms with Gasteiger partial charge in [0.15, 0.2) is 5.78 Å². The number of benzene rings is 2. The molecule has 0 aliphatic heterocycles. The van der Waals surface area contributed by atoms with E-state index in [9.17, 15) is 9.59 Å². The van der Waals surface area contributed by atoms with Gasteiger partial charge in [0.1, 0.15) is 11.7 Å². The third-order valence-corrected chi connectivity index (χ3v) is 6.22. The SMILES string of the molecule is Cc1ccc(C2=CC(=O)C(c3nc(NNC(=O)CCl)n[nH]3)C(c3ccc(Cl)cc3)C2)c(C)c1. The fourth-order valence-electron chi connectivity index (χ4n) is 4.21. The summed E-state index contributed by atoms with van der Waals surface area (Å²) < 4.78 is 0. The molecule has 2 unspecified atom stereocenters. The highest BCUT2D eigenvalue weighted by Crippen LogP contribution is 2.44. The minimum atomic E-state index is -0.563. The van der Waals surface area contributed by atoms with Gasteiger partial charge in [0.05, 0.1) is 5.92 Å². The number of anilines is 1. The highest BCUT2D eigenvalue weighted by atomic mass is 35.5. The molecule has 3 aromatic rings. The average molecular weight is 484 g/mol. The molecule has 0 saturated carbocycles. The summed E-state index contributed by atoms with van der Waals surface area (Å²) in [5.74, 6) is -0.855. The van der Waals surface area contributed by atoms with Crippen LogP contribution in [-0.4, -0.2) is 32.8 Å². The summed E-state index contributed by atoms with van der Waals surface area (Å²) in [6, 6.07) is 13.8. The number of H-pyrrole nitrogens is 1. The minimum Gasteiger partial charge on any atom is -0.294 e. The number of halogens is 2. The van der Waals surface area contributed by atoms with Gasteiger partial charge in [0.2, 0.25) is 0 Å². The minimum absolute atomic E-state index is 0.0660. The number of allylic oxidation sites excluding steroid dienone is 2. The normalized spacial score (nSPS) is 18.1. The van der Waals surface area contributed by atoms with Crippen LogP contribution in [0.2, 0.25) is 5.02 Å². The number of amides is 1. The summed E-state index contributed by atoms with van der Waals surface area (Å²) in [5, 5.41) is 7.55. The largest absolute Gasteiger partial charge is 0.294 e. The van der Waals surface area contributed by atoms with Crippen LogP contribution in [0.5, 0.6) is 0 Å². The smallest absolute Gasteiger partial charge is 0.260 e. The van der Waals surface area contributed by atoms with Crippen LogP contribution in [0, 0.1) is 13.8 Å². The zero-order valence-corrected chi connectivity index (χ0v) is 19.7. The fourth-order valence-corrected chi connectivity index (χ4v) is 4.40. The van der Waals surface area contributed by atoms with Crippen molar-refractivity contribution in [2.24, 2.45) is 0 Å². The van der Waals surface area contributed by atoms with E-state index in [1.54, 1.807) is 6.08 Å². The van der Waals surface area contributed by atoms with Crippen LogP contribution in [0.1, 0.15) is 46.3 Å². The van der Waals surface area contributed by atoms with Crippen molar-refractivity contribution < 1.29 is 9.59 Å². The molecule has 1 aliphatic carbocycles. The van der Waals surface area contributed by atoms with E-state index in [0.29, 0.717) is 17.3 Å². The van der Waals surface area contributed by atoms with Gasteiger partial charge in [-0.1, -0.05) is 47.5 Å². The van der Waals surface area contributed by atoms with Crippen molar-refractivity contribution in [1.82, 2.24) is 20.6 Å². The molecular formula is C24H23Cl2N5O2. The quantitative estimate of drug-likeness (QED) is 0.349. The van der Waals surface area contributed by atoms with Crippen LogP contribution in [0.3, 0.4) is 0 Å². The summed E-state index contributed by atoms with van der Waals surface area (Å²) >= 11 is 11.6. The molecule has 7 nitrogen and oxygen atoms in total. The van der Waals surface area contributed by atoms with Gasteiger partial charge >= 0.3 is 0 Å². The Morgan fingerprint density at radius 2 is 1.94 bits per heavy atom. The van der Waals surface area contributed by atoms with E-state index in [1.165, 1.54) is 5.56 Å². The molecule has 1 aliphatic rings. The Kier molecular flexibility index (Phi) is 6.81. The molecule has 33 heavy (non-hydrogen) atoms. The predicted molar refractivity (Wildman–Crippen MR) is 129 cm³/mol. The molecule has 0 fully saturated rings. The molecule has 1 aromatic heterocycles. The van der Waals surface area contributed by atoms with Crippen LogP contribution in [0.25, 0.3) is 5.57 Å². The number of hydrogen-bond acceptors (Lipinski definition) is 5. The molecular weight excluding hydrogens is 461 g/mol. The van der Waals surface area contributed by atoms with Crippen molar-refractivity contribution in [2.75, 3.05) is 11.3 Å². The van der Waals surface area contributed by atoms with E-state index >= 15 is 0 Å². The van der Waals surface area contributed by atoms with Gasteiger partial charge in [0, 0.05) is 10.9 Å². The van der Waals surface area contributed by atoms with Gasteiger partial charge in [-0.15, -0.1) is 16.7 Å². The van der Waals surface area contributed by atoms with E-state index in [-0.39, 0.29) is 23.5 Å². The highest BCUT2D eigenvalue weighted by Gasteiger charge is 2.37. The second-order valence-electron chi connectivity index (χ2n) is 8.08. The summed E-state index contributed by atoms with van der Waals surface area (Å²) in [6.45, 7) is 4.11. The van der Waals surface area contributed by atoms with E-state index in [1.807, 2.05) is 24.3 Å². The lowest BCUT2D eigenvalue weighted by Crippen LogP contribution is -2.30. The Morgan fingerprint density at radius 1 is 1.18 bits per heavy atom. The Morgan fingerprint density at radius 3 is 2.64 bits per heavy atom. The fraction of sp³-hybridized carbons (Fsp3) is 0.250. The maximum absolute atomic E-state index is 13.4. The van der Waals surface area contributed by atoms with E-state index in [0.717, 1.165) is 22.3 Å². The Labute approximate surface area is 201 Å². The number of hydrogen-bond donors (Lipinski definition) is 3. The predicted octanol–water partition coefficient (Wildman–Crippen LogP) is 4.68. The molecule has 9 heteroatoms. The Balaban J connectivity index is 1.71. The van der Waals surface area contributed by atoms with E-state index in [4.69, 9.17) is 23.2 Å². The second kappa shape index (κ2) is 9.77. The molecule has 0 radical (unpaired) electrons.